The number of hydrogen-bond donors (Lipinski definition) is 14. The minimum absolute atomic E-state index is 0.00272. The van der Waals surface area contributed by atoms with Crippen molar-refractivity contribution in [1.29, 1.82) is 0 Å². The van der Waals surface area contributed by atoms with E-state index in [-0.39, 0.29) is 74.6 Å². The first-order valence-corrected chi connectivity index (χ1v) is 29.1. The fraction of sp³-hybridized carbons (Fsp3) is 0.474. The highest BCUT2D eigenvalue weighted by Crippen LogP contribution is 2.24. The minimum atomic E-state index is -1.91. The van der Waals surface area contributed by atoms with E-state index in [0.29, 0.717) is 23.1 Å². The summed E-state index contributed by atoms with van der Waals surface area (Å²) in [6, 6.07) is 2.76. The molecule has 10 atom stereocenters. The van der Waals surface area contributed by atoms with Crippen LogP contribution in [0.5, 0.6) is 17.2 Å². The van der Waals surface area contributed by atoms with Crippen molar-refractivity contribution in [2.24, 2.45) is 17.4 Å². The van der Waals surface area contributed by atoms with Gasteiger partial charge in [0.2, 0.25) is 59.1 Å². The molecule has 0 radical (unpaired) electrons. The van der Waals surface area contributed by atoms with E-state index in [0.717, 1.165) is 4.90 Å². The van der Waals surface area contributed by atoms with E-state index < -0.39 is 150 Å². The first-order chi connectivity index (χ1) is 40.6. The second-order valence-electron chi connectivity index (χ2n) is 21.4. The van der Waals surface area contributed by atoms with E-state index in [9.17, 15) is 83.1 Å². The molecule has 466 valence electrons. The number of carbonyl (C=O) groups excluding carboxylic acids is 10. The molecule has 28 nitrogen and oxygen atoms in total. The smallest absolute Gasteiger partial charge is 0.305 e. The van der Waals surface area contributed by atoms with Gasteiger partial charge in [0.25, 0.3) is 0 Å². The number of carbonyl (C=O) groups is 12. The van der Waals surface area contributed by atoms with Crippen LogP contribution in [0, 0.1) is 5.92 Å². The van der Waals surface area contributed by atoms with Gasteiger partial charge in [-0.2, -0.15) is 11.8 Å². The molecule has 29 heteroatoms. The number of phenolic OH excluding ortho intramolecular Hbond substituents is 3. The van der Waals surface area contributed by atoms with Crippen LogP contribution in [0.25, 0.3) is 0 Å². The first kappa shape index (κ1) is 67.8. The van der Waals surface area contributed by atoms with Gasteiger partial charge in [-0.15, -0.1) is 0 Å². The van der Waals surface area contributed by atoms with Crippen LogP contribution in [0.4, 0.5) is 0 Å². The molecule has 16 N–H and O–H groups in total. The molecular weight excluding hydrogens is 1140 g/mol. The topological polar surface area (TPSA) is 449 Å². The van der Waals surface area contributed by atoms with E-state index in [1.807, 2.05) is 0 Å². The zero-order chi connectivity index (χ0) is 63.5. The van der Waals surface area contributed by atoms with E-state index in [1.54, 1.807) is 18.4 Å². The molecule has 86 heavy (non-hydrogen) atoms. The number of carboxylic acids is 2. The van der Waals surface area contributed by atoms with Gasteiger partial charge in [-0.3, -0.25) is 57.5 Å². The summed E-state index contributed by atoms with van der Waals surface area (Å²) in [7, 11) is 0. The van der Waals surface area contributed by atoms with Gasteiger partial charge in [0.05, 0.1) is 18.9 Å². The molecule has 2 heterocycles. The predicted molar refractivity (Wildman–Crippen MR) is 309 cm³/mol. The van der Waals surface area contributed by atoms with Crippen molar-refractivity contribution in [3.8, 4) is 17.2 Å². The first-order valence-electron chi connectivity index (χ1n) is 27.7. The number of aromatic hydroxyl groups is 3. The molecule has 10 amide bonds. The highest BCUT2D eigenvalue weighted by molar-refractivity contribution is 7.98. The van der Waals surface area contributed by atoms with Crippen LogP contribution in [0.3, 0.4) is 0 Å². The summed E-state index contributed by atoms with van der Waals surface area (Å²) in [5.41, 5.74) is 12.8. The second kappa shape index (κ2) is 31.8. The number of aliphatic carboxylic acids is 2. The largest absolute Gasteiger partial charge is 0.508 e. The van der Waals surface area contributed by atoms with Gasteiger partial charge < -0.3 is 84.0 Å². The van der Waals surface area contributed by atoms with Gasteiger partial charge in [0.15, 0.2) is 0 Å². The van der Waals surface area contributed by atoms with Crippen molar-refractivity contribution in [1.82, 2.24) is 47.0 Å². The summed E-state index contributed by atoms with van der Waals surface area (Å²) in [5, 5.41) is 66.9. The maximum atomic E-state index is 14.5. The normalized spacial score (nSPS) is 17.5. The molecule has 0 aromatic heterocycles. The minimum Gasteiger partial charge on any atom is -0.508 e. The van der Waals surface area contributed by atoms with Gasteiger partial charge in [-0.25, -0.2) is 0 Å². The summed E-state index contributed by atoms with van der Waals surface area (Å²) in [6.45, 7) is 4.35. The van der Waals surface area contributed by atoms with Crippen LogP contribution in [-0.2, 0) is 76.8 Å². The summed E-state index contributed by atoms with van der Waals surface area (Å²) in [4.78, 5) is 165. The number of nitrogens with zero attached hydrogens (tertiary/aromatic N) is 2. The Morgan fingerprint density at radius 3 is 1.30 bits per heavy atom. The number of primary amides is 1. The molecule has 5 rings (SSSR count). The van der Waals surface area contributed by atoms with Crippen LogP contribution in [0.1, 0.15) is 76.0 Å². The second-order valence-corrected chi connectivity index (χ2v) is 22.3. The third kappa shape index (κ3) is 19.8. The zero-order valence-corrected chi connectivity index (χ0v) is 48.7. The Labute approximate surface area is 499 Å². The van der Waals surface area contributed by atoms with Gasteiger partial charge in [-0.05, 0) is 97.9 Å². The Morgan fingerprint density at radius 1 is 0.512 bits per heavy atom. The lowest BCUT2D eigenvalue weighted by atomic mass is 10.0. The maximum Gasteiger partial charge on any atom is 0.305 e. The monoisotopic (exact) mass is 1220 g/mol. The molecule has 0 bridgehead atoms. The number of hydrogen-bond acceptors (Lipinski definition) is 17. The number of rotatable bonds is 30. The number of nitrogens with one attached hydrogen (secondary N) is 7. The lowest BCUT2D eigenvalue weighted by molar-refractivity contribution is -0.145. The number of carboxylic acid groups (broad SMARTS) is 2. The molecular formula is C57H75N11O17S. The van der Waals surface area contributed by atoms with Crippen molar-refractivity contribution in [2.75, 3.05) is 25.1 Å². The van der Waals surface area contributed by atoms with Crippen LogP contribution in [0.15, 0.2) is 72.8 Å². The van der Waals surface area contributed by atoms with Gasteiger partial charge in [0.1, 0.15) is 71.6 Å². The Hall–Kier alpha value is -8.99. The summed E-state index contributed by atoms with van der Waals surface area (Å²) < 4.78 is 0. The maximum absolute atomic E-state index is 14.5. The van der Waals surface area contributed by atoms with Crippen LogP contribution in [0.2, 0.25) is 0 Å². The number of benzene rings is 3. The van der Waals surface area contributed by atoms with Gasteiger partial charge in [-0.1, -0.05) is 50.2 Å². The van der Waals surface area contributed by atoms with Crippen LogP contribution >= 0.6 is 11.8 Å². The van der Waals surface area contributed by atoms with E-state index in [1.165, 1.54) is 98.1 Å². The van der Waals surface area contributed by atoms with Gasteiger partial charge >= 0.3 is 11.9 Å². The van der Waals surface area contributed by atoms with Crippen molar-refractivity contribution < 1.29 is 83.1 Å². The molecule has 3 aromatic rings. The molecule has 2 aliphatic rings. The molecule has 2 saturated heterocycles. The number of nitrogens with two attached hydrogens (primary N) is 2. The zero-order valence-electron chi connectivity index (χ0n) is 47.9. The number of likely N-dealkylation sites (tertiary alicyclic amines) is 2. The molecule has 0 aliphatic carbocycles. The number of thioether (sulfide) groups is 1. The third-order valence-corrected chi connectivity index (χ3v) is 15.1. The standard InChI is InChI=1S/C57H75N11O17S/c1-29(2)47(57(85)68-22-6-8-44(68)55(83)64-40(26-45(72)73)52(80)61-38(50(78)60-30(3)48(59)76)23-31-9-15-34(69)16-10-31)66-53(81)41(27-46(74)75)62-51(79)39(24-32-11-17-35(70)18-12-32)63-54(82)43-7-5-21-67(43)56(84)42(65-49(77)37(58)28-86-4)25-33-13-19-36(71)20-14-33/h9-20,29-30,37-44,47,69-71H,5-8,21-28,58H2,1-4H3,(H2,59,76)(H,60,78)(H,61,80)(H,62,79)(H,63,82)(H,64,83)(H,65,77)(H,66,81)(H,72,73)(H,74,75). The van der Waals surface area contributed by atoms with Crippen LogP contribution in [-0.4, -0.2) is 192 Å². The number of amides is 10. The quantitative estimate of drug-likeness (QED) is 0.0343. The average Bonchev–Trinajstić information content (AvgIpc) is 2.65. The van der Waals surface area contributed by atoms with Crippen LogP contribution < -0.4 is 48.7 Å². The molecule has 2 aliphatic heterocycles. The predicted octanol–water partition coefficient (Wildman–Crippen LogP) is -1.99. The SMILES string of the molecule is CSCC(N)C(=O)NC(Cc1ccc(O)cc1)C(=O)N1CCCC1C(=O)NC(Cc1ccc(O)cc1)C(=O)NC(CC(=O)O)C(=O)NC(C(=O)N1CCCC1C(=O)NC(CC(=O)O)C(=O)NC(Cc1ccc(O)cc1)C(=O)NC(C)C(N)=O)C(C)C. The van der Waals surface area contributed by atoms with E-state index >= 15 is 0 Å². The van der Waals surface area contributed by atoms with Crippen molar-refractivity contribution in [2.45, 2.75) is 139 Å². The Bertz CT molecular complexity index is 2950. The van der Waals surface area contributed by atoms with Gasteiger partial charge in [0, 0.05) is 38.1 Å². The van der Waals surface area contributed by atoms with E-state index in [2.05, 4.69) is 37.2 Å². The Balaban J connectivity index is 1.34. The third-order valence-electron chi connectivity index (χ3n) is 14.4. The molecule has 2 fully saturated rings. The fourth-order valence-electron chi connectivity index (χ4n) is 9.74. The highest BCUT2D eigenvalue weighted by atomic mass is 32.2. The summed E-state index contributed by atoms with van der Waals surface area (Å²) in [6.07, 6.45) is -0.199. The number of phenols is 3. The Morgan fingerprint density at radius 2 is 0.872 bits per heavy atom. The average molecular weight is 1220 g/mol. The van der Waals surface area contributed by atoms with Crippen molar-refractivity contribution >= 4 is 82.8 Å². The lowest BCUT2D eigenvalue weighted by Gasteiger charge is -2.32. The van der Waals surface area contributed by atoms with Crippen molar-refractivity contribution in [3.63, 3.8) is 0 Å². The fourth-order valence-corrected chi connectivity index (χ4v) is 10.3. The summed E-state index contributed by atoms with van der Waals surface area (Å²) in [5.74, 6) is -13.0. The molecule has 10 unspecified atom stereocenters. The summed E-state index contributed by atoms with van der Waals surface area (Å²) >= 11 is 1.32. The molecule has 0 spiro atoms. The molecule has 0 saturated carbocycles. The lowest BCUT2D eigenvalue weighted by Crippen LogP contribution is -2.61. The van der Waals surface area contributed by atoms with E-state index in [4.69, 9.17) is 11.5 Å². The molecule has 3 aromatic carbocycles. The highest BCUT2D eigenvalue weighted by Gasteiger charge is 2.43. The Kier molecular flexibility index (Phi) is 25.1. The van der Waals surface area contributed by atoms with Crippen molar-refractivity contribution in [3.05, 3.63) is 89.5 Å².